The van der Waals surface area contributed by atoms with Gasteiger partial charge in [0.25, 0.3) is 5.56 Å². The number of phosphoric ester groups is 1. The van der Waals surface area contributed by atoms with E-state index in [0.29, 0.717) is 10.8 Å². The van der Waals surface area contributed by atoms with Crippen LogP contribution >= 0.6 is 23.5 Å². The summed E-state index contributed by atoms with van der Waals surface area (Å²) in [6.07, 6.45) is -7.50. The Morgan fingerprint density at radius 3 is 2.32 bits per heavy atom. The smallest absolute Gasteiger partial charge is 0.386 e. The molecule has 21 heteroatoms. The number of hydrogen-bond acceptors (Lipinski definition) is 11. The molecule has 0 amide bonds. The summed E-state index contributed by atoms with van der Waals surface area (Å²) in [7, 11) is -17.2. The van der Waals surface area contributed by atoms with Crippen molar-refractivity contribution < 1.29 is 65.8 Å². The average molecular weight is 554 g/mol. The second-order valence-electron chi connectivity index (χ2n) is 6.64. The van der Waals surface area contributed by atoms with E-state index in [1.807, 2.05) is 0 Å². The molecule has 1 fully saturated rings. The number of hydrogen-bond donors (Lipinski definition) is 7. The minimum absolute atomic E-state index is 0.335. The maximum atomic E-state index is 13.7. The maximum absolute atomic E-state index is 13.7. The van der Waals surface area contributed by atoms with Gasteiger partial charge in [-0.15, -0.1) is 5.92 Å². The SMILES string of the molecule is CC#CC1(O)C(O)[C@@H]([C@H](C)OP(=O)(O)OP(=O)(O)OP(=O)(O)O)O[C@H]1n1cc(F)c(=O)[nH]c1=O. The molecule has 34 heavy (non-hydrogen) atoms. The van der Waals surface area contributed by atoms with Crippen molar-refractivity contribution in [3.8, 4) is 11.8 Å². The van der Waals surface area contributed by atoms with Crippen LogP contribution in [0.25, 0.3) is 0 Å². The first-order valence-corrected chi connectivity index (χ1v) is 13.2. The van der Waals surface area contributed by atoms with Crippen molar-refractivity contribution in [2.75, 3.05) is 0 Å². The number of aromatic amines is 1. The van der Waals surface area contributed by atoms with Gasteiger partial charge in [-0.05, 0) is 13.8 Å². The van der Waals surface area contributed by atoms with Gasteiger partial charge >= 0.3 is 29.2 Å². The van der Waals surface area contributed by atoms with Crippen LogP contribution in [0.15, 0.2) is 15.8 Å². The summed E-state index contributed by atoms with van der Waals surface area (Å²) in [5.41, 5.74) is -5.37. The lowest BCUT2D eigenvalue weighted by atomic mass is 9.93. The van der Waals surface area contributed by atoms with Crippen LogP contribution in [0.3, 0.4) is 0 Å². The number of aliphatic hydroxyl groups is 2. The Hall–Kier alpha value is -1.54. The molecule has 0 radical (unpaired) electrons. The molecule has 2 heterocycles. The second kappa shape index (κ2) is 9.84. The van der Waals surface area contributed by atoms with Crippen LogP contribution < -0.4 is 11.2 Å². The Morgan fingerprint density at radius 1 is 1.21 bits per heavy atom. The minimum atomic E-state index is -5.85. The van der Waals surface area contributed by atoms with Crippen molar-refractivity contribution in [1.29, 1.82) is 0 Å². The first-order valence-electron chi connectivity index (χ1n) is 8.65. The molecule has 1 aromatic heterocycles. The predicted molar refractivity (Wildman–Crippen MR) is 104 cm³/mol. The van der Waals surface area contributed by atoms with Gasteiger partial charge in [-0.1, -0.05) is 5.92 Å². The van der Waals surface area contributed by atoms with Gasteiger partial charge in [0, 0.05) is 0 Å². The molecule has 192 valence electrons. The second-order valence-corrected chi connectivity index (χ2v) is 11.0. The van der Waals surface area contributed by atoms with Gasteiger partial charge in [-0.25, -0.2) is 18.5 Å². The molecule has 0 aromatic carbocycles. The normalized spacial score (nSPS) is 29.5. The van der Waals surface area contributed by atoms with Gasteiger partial charge in [-0.2, -0.15) is 13.0 Å². The lowest BCUT2D eigenvalue weighted by Crippen LogP contribution is -2.49. The van der Waals surface area contributed by atoms with Crippen molar-refractivity contribution in [1.82, 2.24) is 9.55 Å². The van der Waals surface area contributed by atoms with Gasteiger partial charge < -0.3 is 34.5 Å². The Bertz CT molecular complexity index is 1260. The highest BCUT2D eigenvalue weighted by Gasteiger charge is 2.58. The molecule has 1 aliphatic heterocycles. The number of nitrogens with one attached hydrogen (secondary N) is 1. The number of nitrogens with zero attached hydrogens (tertiary/aromatic N) is 1. The molecule has 0 saturated carbocycles. The van der Waals surface area contributed by atoms with Gasteiger partial charge in [0.2, 0.25) is 5.82 Å². The summed E-state index contributed by atoms with van der Waals surface area (Å²) < 4.78 is 65.2. The topological polar surface area (TPSA) is 264 Å². The number of halogens is 1. The third-order valence-corrected chi connectivity index (χ3v) is 8.03. The fourth-order valence-corrected chi connectivity index (χ4v) is 6.11. The van der Waals surface area contributed by atoms with Crippen LogP contribution in [0.2, 0.25) is 0 Å². The van der Waals surface area contributed by atoms with Crippen molar-refractivity contribution in [2.45, 2.75) is 44.0 Å². The third kappa shape index (κ3) is 6.56. The molecule has 0 spiro atoms. The Balaban J connectivity index is 2.36. The van der Waals surface area contributed by atoms with E-state index in [9.17, 15) is 47.7 Å². The number of aliphatic hydroxyl groups excluding tert-OH is 1. The summed E-state index contributed by atoms with van der Waals surface area (Å²) in [4.78, 5) is 60.9. The number of aromatic nitrogens is 2. The number of ether oxygens (including phenoxy) is 1. The molecular formula is C13H18FN2O15P3. The fraction of sp³-hybridized carbons (Fsp3) is 0.538. The largest absolute Gasteiger partial charge is 0.490 e. The summed E-state index contributed by atoms with van der Waals surface area (Å²) in [6, 6.07) is 0. The standard InChI is InChI=1S/C13H18FN2O15P3/c1-3-4-13(20)9(17)8(28-11(13)16-5-7(14)10(18)15-12(16)19)6(2)29-33(24,25)31-34(26,27)30-32(21,22)23/h5-6,8-9,11,17,20H,1-2H3,(H,24,25)(H,26,27)(H,15,18,19)(H2,21,22,23)/t6-,8+,9?,11+,13?/m0/s1. The lowest BCUT2D eigenvalue weighted by molar-refractivity contribution is -0.0873. The highest BCUT2D eigenvalue weighted by molar-refractivity contribution is 7.66. The molecule has 2 rings (SSSR count). The molecule has 17 nitrogen and oxygen atoms in total. The fourth-order valence-electron chi connectivity index (χ4n) is 2.91. The van der Waals surface area contributed by atoms with Crippen molar-refractivity contribution in [2.24, 2.45) is 0 Å². The van der Waals surface area contributed by atoms with Crippen LogP contribution in [-0.4, -0.2) is 63.3 Å². The van der Waals surface area contributed by atoms with E-state index in [-0.39, 0.29) is 0 Å². The molecule has 0 bridgehead atoms. The lowest BCUT2D eigenvalue weighted by Gasteiger charge is -2.27. The van der Waals surface area contributed by atoms with Gasteiger partial charge in [0.05, 0.1) is 12.3 Å². The van der Waals surface area contributed by atoms with Gasteiger partial charge in [0.15, 0.2) is 11.8 Å². The van der Waals surface area contributed by atoms with Crippen LogP contribution in [0.4, 0.5) is 4.39 Å². The van der Waals surface area contributed by atoms with E-state index >= 15 is 0 Å². The third-order valence-electron chi connectivity index (χ3n) is 4.10. The molecule has 1 aromatic rings. The van der Waals surface area contributed by atoms with E-state index < -0.39 is 70.7 Å². The highest BCUT2D eigenvalue weighted by atomic mass is 31.3. The van der Waals surface area contributed by atoms with E-state index in [2.05, 4.69) is 25.0 Å². The Morgan fingerprint density at radius 2 is 1.79 bits per heavy atom. The summed E-state index contributed by atoms with van der Waals surface area (Å²) in [5, 5.41) is 21.4. The van der Waals surface area contributed by atoms with E-state index in [1.54, 1.807) is 4.98 Å². The zero-order valence-electron chi connectivity index (χ0n) is 16.9. The van der Waals surface area contributed by atoms with Crippen molar-refractivity contribution in [3.05, 3.63) is 32.9 Å². The van der Waals surface area contributed by atoms with Crippen molar-refractivity contribution >= 4 is 23.5 Å². The molecule has 7 atom stereocenters. The number of H-pyrrole nitrogens is 1. The van der Waals surface area contributed by atoms with E-state index in [4.69, 9.17) is 14.5 Å². The summed E-state index contributed by atoms with van der Waals surface area (Å²) in [6.45, 7) is 2.13. The first kappa shape index (κ1) is 28.7. The molecule has 1 saturated heterocycles. The van der Waals surface area contributed by atoms with E-state index in [1.165, 1.54) is 6.92 Å². The number of rotatable bonds is 8. The molecular weight excluding hydrogens is 536 g/mol. The molecule has 7 N–H and O–H groups in total. The summed E-state index contributed by atoms with van der Waals surface area (Å²) in [5.74, 6) is 2.90. The van der Waals surface area contributed by atoms with E-state index in [0.717, 1.165) is 6.92 Å². The minimum Gasteiger partial charge on any atom is -0.386 e. The first-order chi connectivity index (χ1) is 15.3. The maximum Gasteiger partial charge on any atom is 0.490 e. The Labute approximate surface area is 188 Å². The predicted octanol–water partition coefficient (Wildman–Crippen LogP) is -1.58. The van der Waals surface area contributed by atoms with Crippen LogP contribution in [0.5, 0.6) is 0 Å². The van der Waals surface area contributed by atoms with Crippen molar-refractivity contribution in [3.63, 3.8) is 0 Å². The zero-order chi connectivity index (χ0) is 26.3. The van der Waals surface area contributed by atoms with Crippen LogP contribution in [-0.2, 0) is 31.6 Å². The molecule has 4 unspecified atom stereocenters. The monoisotopic (exact) mass is 554 g/mol. The summed E-state index contributed by atoms with van der Waals surface area (Å²) >= 11 is 0. The number of phosphoric acid groups is 3. The quantitative estimate of drug-likeness (QED) is 0.141. The highest BCUT2D eigenvalue weighted by Crippen LogP contribution is 2.66. The van der Waals surface area contributed by atoms with Crippen LogP contribution in [0.1, 0.15) is 20.1 Å². The molecule has 0 aliphatic carbocycles. The van der Waals surface area contributed by atoms with Gasteiger partial charge in [0.1, 0.15) is 12.2 Å². The Kier molecular flexibility index (Phi) is 8.31. The average Bonchev–Trinajstić information content (AvgIpc) is 2.86. The van der Waals surface area contributed by atoms with Crippen LogP contribution in [0, 0.1) is 17.7 Å². The molecule has 1 aliphatic rings. The van der Waals surface area contributed by atoms with Gasteiger partial charge in [-0.3, -0.25) is 18.9 Å². The zero-order valence-corrected chi connectivity index (χ0v) is 19.6.